The van der Waals surface area contributed by atoms with Crippen LogP contribution in [-0.2, 0) is 0 Å². The molecule has 0 saturated heterocycles. The molecule has 0 spiro atoms. The average molecular weight is 355 g/mol. The fraction of sp³-hybridized carbons (Fsp3) is 0.0526. The molecule has 0 fully saturated rings. The number of benzene rings is 2. The number of hydrogen-bond acceptors (Lipinski definition) is 4. The van der Waals surface area contributed by atoms with Gasteiger partial charge in [-0.2, -0.15) is 0 Å². The third-order valence-corrected chi connectivity index (χ3v) is 3.54. The second kappa shape index (κ2) is 7.60. The quantitative estimate of drug-likeness (QED) is 0.714. The second-order valence-electron chi connectivity index (χ2n) is 5.37. The SMILES string of the molecule is COc1cccc(Nc2cc(C(=O)Nc3ccc(F)cc3F)ccn2)c1. The monoisotopic (exact) mass is 355 g/mol. The number of nitrogens with zero attached hydrogens (tertiary/aromatic N) is 1. The number of methoxy groups -OCH3 is 1. The Morgan fingerprint density at radius 1 is 1.08 bits per heavy atom. The van der Waals surface area contributed by atoms with E-state index >= 15 is 0 Å². The summed E-state index contributed by atoms with van der Waals surface area (Å²) >= 11 is 0. The second-order valence-corrected chi connectivity index (χ2v) is 5.37. The largest absolute Gasteiger partial charge is 0.497 e. The highest BCUT2D eigenvalue weighted by molar-refractivity contribution is 6.04. The lowest BCUT2D eigenvalue weighted by Gasteiger charge is -2.10. The lowest BCUT2D eigenvalue weighted by Crippen LogP contribution is -2.13. The topological polar surface area (TPSA) is 63.2 Å². The first-order chi connectivity index (χ1) is 12.5. The third-order valence-electron chi connectivity index (χ3n) is 3.54. The molecule has 5 nitrogen and oxygen atoms in total. The van der Waals surface area contributed by atoms with E-state index in [1.54, 1.807) is 19.2 Å². The van der Waals surface area contributed by atoms with Gasteiger partial charge in [-0.3, -0.25) is 4.79 Å². The lowest BCUT2D eigenvalue weighted by atomic mass is 10.2. The number of anilines is 3. The number of pyridine rings is 1. The Bertz CT molecular complexity index is 948. The summed E-state index contributed by atoms with van der Waals surface area (Å²) in [5.74, 6) is -0.982. The van der Waals surface area contributed by atoms with Crippen molar-refractivity contribution >= 4 is 23.1 Å². The first kappa shape index (κ1) is 17.3. The van der Waals surface area contributed by atoms with Gasteiger partial charge in [0.15, 0.2) is 0 Å². The van der Waals surface area contributed by atoms with Crippen molar-refractivity contribution < 1.29 is 18.3 Å². The molecular weight excluding hydrogens is 340 g/mol. The van der Waals surface area contributed by atoms with Crippen LogP contribution in [0.5, 0.6) is 5.75 Å². The van der Waals surface area contributed by atoms with Crippen LogP contribution in [0.2, 0.25) is 0 Å². The average Bonchev–Trinajstić information content (AvgIpc) is 2.64. The lowest BCUT2D eigenvalue weighted by molar-refractivity contribution is 0.102. The Kier molecular flexibility index (Phi) is 5.07. The minimum Gasteiger partial charge on any atom is -0.497 e. The van der Waals surface area contributed by atoms with Crippen molar-refractivity contribution in [3.05, 3.63) is 78.0 Å². The van der Waals surface area contributed by atoms with Crippen LogP contribution >= 0.6 is 0 Å². The molecule has 3 aromatic rings. The Labute approximate surface area is 148 Å². The molecule has 0 aliphatic carbocycles. The van der Waals surface area contributed by atoms with Crippen LogP contribution in [0, 0.1) is 11.6 Å². The van der Waals surface area contributed by atoms with Crippen LogP contribution < -0.4 is 15.4 Å². The maximum Gasteiger partial charge on any atom is 0.255 e. The molecule has 26 heavy (non-hydrogen) atoms. The van der Waals surface area contributed by atoms with E-state index in [-0.39, 0.29) is 11.3 Å². The molecule has 7 heteroatoms. The number of halogens is 2. The number of rotatable bonds is 5. The van der Waals surface area contributed by atoms with Crippen molar-refractivity contribution in [2.24, 2.45) is 0 Å². The van der Waals surface area contributed by atoms with Gasteiger partial charge in [0, 0.05) is 29.6 Å². The van der Waals surface area contributed by atoms with Crippen LogP contribution in [0.25, 0.3) is 0 Å². The summed E-state index contributed by atoms with van der Waals surface area (Å²) in [5, 5.41) is 5.47. The van der Waals surface area contributed by atoms with Crippen LogP contribution in [0.1, 0.15) is 10.4 Å². The molecule has 0 saturated carbocycles. The molecule has 0 unspecified atom stereocenters. The van der Waals surface area contributed by atoms with Gasteiger partial charge in [0.25, 0.3) is 5.91 Å². The molecule has 0 aliphatic rings. The Morgan fingerprint density at radius 3 is 2.69 bits per heavy atom. The number of aromatic nitrogens is 1. The molecule has 0 aliphatic heterocycles. The van der Waals surface area contributed by atoms with Gasteiger partial charge in [0.1, 0.15) is 23.2 Å². The molecule has 1 heterocycles. The van der Waals surface area contributed by atoms with E-state index in [1.165, 1.54) is 24.4 Å². The Morgan fingerprint density at radius 2 is 1.92 bits per heavy atom. The summed E-state index contributed by atoms with van der Waals surface area (Å²) in [6.45, 7) is 0. The zero-order valence-electron chi connectivity index (χ0n) is 13.8. The number of carbonyl (C=O) groups excluding carboxylic acids is 1. The normalized spacial score (nSPS) is 10.3. The zero-order valence-corrected chi connectivity index (χ0v) is 13.8. The zero-order chi connectivity index (χ0) is 18.5. The number of amides is 1. The molecular formula is C19H15F2N3O2. The molecule has 0 bridgehead atoms. The van der Waals surface area contributed by atoms with Crippen molar-refractivity contribution in [3.63, 3.8) is 0 Å². The van der Waals surface area contributed by atoms with E-state index in [1.807, 2.05) is 12.1 Å². The predicted molar refractivity (Wildman–Crippen MR) is 94.8 cm³/mol. The molecule has 0 radical (unpaired) electrons. The first-order valence-corrected chi connectivity index (χ1v) is 7.69. The van der Waals surface area contributed by atoms with Gasteiger partial charge in [-0.15, -0.1) is 0 Å². The molecule has 1 amide bonds. The molecule has 132 valence electrons. The van der Waals surface area contributed by atoms with Gasteiger partial charge < -0.3 is 15.4 Å². The first-order valence-electron chi connectivity index (χ1n) is 7.69. The maximum atomic E-state index is 13.7. The summed E-state index contributed by atoms with van der Waals surface area (Å²) in [6, 6.07) is 13.2. The fourth-order valence-electron chi connectivity index (χ4n) is 2.27. The van der Waals surface area contributed by atoms with E-state index in [0.29, 0.717) is 17.6 Å². The number of ether oxygens (including phenoxy) is 1. The maximum absolute atomic E-state index is 13.7. The number of hydrogen-bond donors (Lipinski definition) is 2. The highest BCUT2D eigenvalue weighted by Gasteiger charge is 2.11. The minimum absolute atomic E-state index is 0.101. The van der Waals surface area contributed by atoms with Gasteiger partial charge in [0.2, 0.25) is 0 Å². The predicted octanol–water partition coefficient (Wildman–Crippen LogP) is 4.36. The number of carbonyl (C=O) groups is 1. The van der Waals surface area contributed by atoms with E-state index in [0.717, 1.165) is 11.8 Å². The van der Waals surface area contributed by atoms with Crippen LogP contribution in [-0.4, -0.2) is 18.0 Å². The van der Waals surface area contributed by atoms with E-state index in [2.05, 4.69) is 15.6 Å². The third kappa shape index (κ3) is 4.13. The van der Waals surface area contributed by atoms with Gasteiger partial charge in [0.05, 0.1) is 12.8 Å². The van der Waals surface area contributed by atoms with Crippen molar-refractivity contribution in [2.75, 3.05) is 17.7 Å². The number of nitrogens with one attached hydrogen (secondary N) is 2. The van der Waals surface area contributed by atoms with E-state index in [9.17, 15) is 13.6 Å². The summed E-state index contributed by atoms with van der Waals surface area (Å²) in [5.41, 5.74) is 0.906. The van der Waals surface area contributed by atoms with Gasteiger partial charge >= 0.3 is 0 Å². The Hall–Kier alpha value is -3.48. The molecule has 0 atom stereocenters. The standard InChI is InChI=1S/C19H15F2N3O2/c1-26-15-4-2-3-14(11-15)23-18-9-12(7-8-22-18)19(25)24-17-6-5-13(20)10-16(17)21/h2-11H,1H3,(H,22,23)(H,24,25). The summed E-state index contributed by atoms with van der Waals surface area (Å²) < 4.78 is 31.8. The van der Waals surface area contributed by atoms with Crippen LogP contribution in [0.3, 0.4) is 0 Å². The molecule has 1 aromatic heterocycles. The van der Waals surface area contributed by atoms with Gasteiger partial charge in [-0.1, -0.05) is 6.07 Å². The van der Waals surface area contributed by atoms with Gasteiger partial charge in [-0.05, 0) is 36.4 Å². The molecule has 2 N–H and O–H groups in total. The summed E-state index contributed by atoms with van der Waals surface area (Å²) in [7, 11) is 1.57. The van der Waals surface area contributed by atoms with E-state index in [4.69, 9.17) is 4.74 Å². The van der Waals surface area contributed by atoms with Crippen molar-refractivity contribution in [3.8, 4) is 5.75 Å². The summed E-state index contributed by atoms with van der Waals surface area (Å²) in [6.07, 6.45) is 1.46. The Balaban J connectivity index is 1.76. The van der Waals surface area contributed by atoms with Crippen LogP contribution in [0.4, 0.5) is 26.0 Å². The smallest absolute Gasteiger partial charge is 0.255 e. The highest BCUT2D eigenvalue weighted by Crippen LogP contribution is 2.21. The molecule has 2 aromatic carbocycles. The van der Waals surface area contributed by atoms with Gasteiger partial charge in [-0.25, -0.2) is 13.8 Å². The van der Waals surface area contributed by atoms with E-state index < -0.39 is 17.5 Å². The van der Waals surface area contributed by atoms with Crippen molar-refractivity contribution in [1.82, 2.24) is 4.98 Å². The highest BCUT2D eigenvalue weighted by atomic mass is 19.1. The van der Waals surface area contributed by atoms with Crippen molar-refractivity contribution in [2.45, 2.75) is 0 Å². The minimum atomic E-state index is -0.845. The van der Waals surface area contributed by atoms with Crippen molar-refractivity contribution in [1.29, 1.82) is 0 Å². The summed E-state index contributed by atoms with van der Waals surface area (Å²) in [4.78, 5) is 16.5. The van der Waals surface area contributed by atoms with Crippen LogP contribution in [0.15, 0.2) is 60.8 Å². The fourth-order valence-corrected chi connectivity index (χ4v) is 2.27. The molecule has 3 rings (SSSR count).